The van der Waals surface area contributed by atoms with E-state index in [-0.39, 0.29) is 5.56 Å². The van der Waals surface area contributed by atoms with Gasteiger partial charge in [-0.1, -0.05) is 0 Å². The molecular weight excluding hydrogens is 316 g/mol. The van der Waals surface area contributed by atoms with Crippen LogP contribution in [0, 0.1) is 0 Å². The lowest BCUT2D eigenvalue weighted by Crippen LogP contribution is -2.37. The number of hydrogen-bond donors (Lipinski definition) is 0. The first-order valence-corrected chi connectivity index (χ1v) is 7.63. The predicted molar refractivity (Wildman–Crippen MR) is 84.2 cm³/mol. The highest BCUT2D eigenvalue weighted by molar-refractivity contribution is 5.61. The fourth-order valence-electron chi connectivity index (χ4n) is 2.72. The van der Waals surface area contributed by atoms with Crippen molar-refractivity contribution in [2.45, 2.75) is 6.43 Å². The van der Waals surface area contributed by atoms with Crippen LogP contribution in [0.1, 0.15) is 12.0 Å². The van der Waals surface area contributed by atoms with Crippen molar-refractivity contribution >= 4 is 11.6 Å². The molecule has 1 aliphatic heterocycles. The Morgan fingerprint density at radius 1 is 1.08 bits per heavy atom. The van der Waals surface area contributed by atoms with Crippen molar-refractivity contribution in [2.75, 3.05) is 31.2 Å². The van der Waals surface area contributed by atoms with Crippen molar-refractivity contribution in [3.8, 4) is 11.4 Å². The second-order valence-electron chi connectivity index (χ2n) is 5.48. The smallest absolute Gasteiger partial charge is 0.265 e. The summed E-state index contributed by atoms with van der Waals surface area (Å²) < 4.78 is 32.9. The summed E-state index contributed by atoms with van der Waals surface area (Å²) in [6.07, 6.45) is 2.18. The van der Waals surface area contributed by atoms with E-state index in [9.17, 15) is 8.78 Å². The third-order valence-electron chi connectivity index (χ3n) is 3.98. The van der Waals surface area contributed by atoms with E-state index in [0.29, 0.717) is 36.2 Å². The van der Waals surface area contributed by atoms with Crippen molar-refractivity contribution in [1.82, 2.24) is 19.4 Å². The summed E-state index contributed by atoms with van der Waals surface area (Å²) in [5.41, 5.74) is 1.85. The van der Waals surface area contributed by atoms with Crippen LogP contribution in [0.2, 0.25) is 0 Å². The summed E-state index contributed by atoms with van der Waals surface area (Å²) in [5, 5.41) is 0. The van der Waals surface area contributed by atoms with E-state index in [4.69, 9.17) is 4.74 Å². The van der Waals surface area contributed by atoms with Gasteiger partial charge in [0.2, 0.25) is 5.95 Å². The SMILES string of the molecule is FC(F)c1ccc2ncc(-c3ccnc(N4CCOCC4)n3)n2c1. The Labute approximate surface area is 136 Å². The summed E-state index contributed by atoms with van der Waals surface area (Å²) in [7, 11) is 0. The second-order valence-corrected chi connectivity index (χ2v) is 5.48. The summed E-state index contributed by atoms with van der Waals surface area (Å²) in [6, 6.07) is 4.72. The quantitative estimate of drug-likeness (QED) is 0.738. The third-order valence-corrected chi connectivity index (χ3v) is 3.98. The van der Waals surface area contributed by atoms with Crippen LogP contribution in [0.5, 0.6) is 0 Å². The molecule has 6 nitrogen and oxygen atoms in total. The molecule has 3 aromatic heterocycles. The lowest BCUT2D eigenvalue weighted by Gasteiger charge is -2.26. The summed E-state index contributed by atoms with van der Waals surface area (Å²) in [4.78, 5) is 15.2. The van der Waals surface area contributed by atoms with Crippen LogP contribution in [0.4, 0.5) is 14.7 Å². The summed E-state index contributed by atoms with van der Waals surface area (Å²) >= 11 is 0. The average molecular weight is 331 g/mol. The molecule has 0 amide bonds. The van der Waals surface area contributed by atoms with Crippen molar-refractivity contribution in [1.29, 1.82) is 0 Å². The maximum atomic E-state index is 13.0. The molecular formula is C16H15F2N5O. The highest BCUT2D eigenvalue weighted by Gasteiger charge is 2.16. The zero-order chi connectivity index (χ0) is 16.5. The van der Waals surface area contributed by atoms with Gasteiger partial charge in [-0.25, -0.2) is 23.7 Å². The number of pyridine rings is 1. The topological polar surface area (TPSA) is 55.5 Å². The number of ether oxygens (including phenoxy) is 1. The number of rotatable bonds is 3. The van der Waals surface area contributed by atoms with E-state index < -0.39 is 6.43 Å². The lowest BCUT2D eigenvalue weighted by atomic mass is 10.2. The van der Waals surface area contributed by atoms with Gasteiger partial charge in [-0.3, -0.25) is 4.40 Å². The second kappa shape index (κ2) is 6.12. The number of hydrogen-bond acceptors (Lipinski definition) is 5. The van der Waals surface area contributed by atoms with Crippen molar-refractivity contribution in [3.63, 3.8) is 0 Å². The number of imidazole rings is 1. The van der Waals surface area contributed by atoms with Gasteiger partial charge in [0.15, 0.2) is 0 Å². The Kier molecular flexibility index (Phi) is 3.81. The number of halogens is 2. The highest BCUT2D eigenvalue weighted by Crippen LogP contribution is 2.24. The number of anilines is 1. The first-order chi connectivity index (χ1) is 11.7. The molecule has 0 bridgehead atoms. The van der Waals surface area contributed by atoms with E-state index in [1.54, 1.807) is 28.9 Å². The zero-order valence-corrected chi connectivity index (χ0v) is 12.8. The van der Waals surface area contributed by atoms with Crippen LogP contribution in [0.3, 0.4) is 0 Å². The lowest BCUT2D eigenvalue weighted by molar-refractivity contribution is 0.122. The van der Waals surface area contributed by atoms with Crippen LogP contribution in [-0.4, -0.2) is 45.7 Å². The number of fused-ring (bicyclic) bond motifs is 1. The van der Waals surface area contributed by atoms with Gasteiger partial charge in [0.1, 0.15) is 5.65 Å². The van der Waals surface area contributed by atoms with Gasteiger partial charge < -0.3 is 9.64 Å². The number of aromatic nitrogens is 4. The van der Waals surface area contributed by atoms with Gasteiger partial charge in [-0.2, -0.15) is 0 Å². The maximum Gasteiger partial charge on any atom is 0.265 e. The van der Waals surface area contributed by atoms with Crippen molar-refractivity contribution in [2.24, 2.45) is 0 Å². The van der Waals surface area contributed by atoms with E-state index in [0.717, 1.165) is 13.1 Å². The van der Waals surface area contributed by atoms with E-state index >= 15 is 0 Å². The van der Waals surface area contributed by atoms with Gasteiger partial charge in [0, 0.05) is 31.0 Å². The van der Waals surface area contributed by atoms with E-state index in [2.05, 4.69) is 15.0 Å². The van der Waals surface area contributed by atoms with Gasteiger partial charge in [-0.05, 0) is 18.2 Å². The monoisotopic (exact) mass is 331 g/mol. The molecule has 0 aliphatic carbocycles. The molecule has 24 heavy (non-hydrogen) atoms. The summed E-state index contributed by atoms with van der Waals surface area (Å²) in [6.45, 7) is 2.74. The molecule has 0 radical (unpaired) electrons. The minimum absolute atomic E-state index is 0.0517. The minimum atomic E-state index is -2.53. The predicted octanol–water partition coefficient (Wildman–Crippen LogP) is 2.57. The zero-order valence-electron chi connectivity index (χ0n) is 12.8. The third kappa shape index (κ3) is 2.69. The molecule has 0 spiro atoms. The van der Waals surface area contributed by atoms with Gasteiger partial charge in [0.25, 0.3) is 6.43 Å². The van der Waals surface area contributed by atoms with Crippen LogP contribution in [0.15, 0.2) is 36.8 Å². The fraction of sp³-hybridized carbons (Fsp3) is 0.312. The molecule has 1 saturated heterocycles. The highest BCUT2D eigenvalue weighted by atomic mass is 19.3. The Bertz CT molecular complexity index is 861. The largest absolute Gasteiger partial charge is 0.378 e. The first-order valence-electron chi connectivity index (χ1n) is 7.63. The molecule has 0 saturated carbocycles. The fourth-order valence-corrected chi connectivity index (χ4v) is 2.72. The Hall–Kier alpha value is -2.61. The van der Waals surface area contributed by atoms with E-state index in [1.807, 2.05) is 4.90 Å². The molecule has 1 aliphatic rings. The number of morpholine rings is 1. The molecule has 0 unspecified atom stereocenters. The number of alkyl halides is 2. The van der Waals surface area contributed by atoms with E-state index in [1.165, 1.54) is 12.3 Å². The van der Waals surface area contributed by atoms with Crippen LogP contribution >= 0.6 is 0 Å². The molecule has 3 aromatic rings. The molecule has 8 heteroatoms. The molecule has 0 N–H and O–H groups in total. The first kappa shape index (κ1) is 14.9. The van der Waals surface area contributed by atoms with Gasteiger partial charge in [-0.15, -0.1) is 0 Å². The minimum Gasteiger partial charge on any atom is -0.378 e. The van der Waals surface area contributed by atoms with Crippen LogP contribution in [0.25, 0.3) is 17.0 Å². The van der Waals surface area contributed by atoms with Crippen molar-refractivity contribution in [3.05, 3.63) is 42.4 Å². The number of nitrogens with zero attached hydrogens (tertiary/aromatic N) is 5. The van der Waals surface area contributed by atoms with Gasteiger partial charge >= 0.3 is 0 Å². The molecule has 4 heterocycles. The maximum absolute atomic E-state index is 13.0. The molecule has 0 aromatic carbocycles. The van der Waals surface area contributed by atoms with Crippen molar-refractivity contribution < 1.29 is 13.5 Å². The molecule has 4 rings (SSSR count). The van der Waals surface area contributed by atoms with Gasteiger partial charge in [0.05, 0.1) is 30.8 Å². The van der Waals surface area contributed by atoms with Crippen LogP contribution < -0.4 is 4.90 Å². The normalized spacial score (nSPS) is 15.4. The molecule has 1 fully saturated rings. The van der Waals surface area contributed by atoms with Crippen LogP contribution in [-0.2, 0) is 4.74 Å². The standard InChI is InChI=1S/C16H15F2N5O/c17-15(18)11-1-2-14-20-9-13(23(14)10-11)12-3-4-19-16(21-12)22-5-7-24-8-6-22/h1-4,9-10,15H,5-8H2. The average Bonchev–Trinajstić information content (AvgIpc) is 3.05. The molecule has 124 valence electrons. The Morgan fingerprint density at radius 3 is 2.71 bits per heavy atom. The Balaban J connectivity index is 1.75. The molecule has 0 atom stereocenters. The Morgan fingerprint density at radius 2 is 1.92 bits per heavy atom. The summed E-state index contributed by atoms with van der Waals surface area (Å²) in [5.74, 6) is 0.607.